The van der Waals surface area contributed by atoms with E-state index in [1.54, 1.807) is 46.1 Å². The normalized spacial score (nSPS) is 16.2. The van der Waals surface area contributed by atoms with Gasteiger partial charge >= 0.3 is 0 Å². The Morgan fingerprint density at radius 1 is 1.24 bits per heavy atom. The summed E-state index contributed by atoms with van der Waals surface area (Å²) in [6, 6.07) is 8.40. The SMILES string of the molecule is CC1c2ncc(-c3cccnc3F)n2CCN1C(=O)c1cc2ccc(Cl)cn2n1. The van der Waals surface area contributed by atoms with Gasteiger partial charge in [-0.15, -0.1) is 0 Å². The Labute approximate surface area is 170 Å². The minimum absolute atomic E-state index is 0.180. The minimum Gasteiger partial charge on any atom is -0.326 e. The number of nitrogens with zero attached hydrogens (tertiary/aromatic N) is 6. The number of imidazole rings is 1. The summed E-state index contributed by atoms with van der Waals surface area (Å²) in [6.45, 7) is 2.88. The molecular weight excluding hydrogens is 395 g/mol. The molecule has 1 unspecified atom stereocenters. The molecule has 0 spiro atoms. The van der Waals surface area contributed by atoms with E-state index < -0.39 is 5.95 Å². The third-order valence-electron chi connectivity index (χ3n) is 5.23. The lowest BCUT2D eigenvalue weighted by Gasteiger charge is -2.34. The Morgan fingerprint density at radius 3 is 2.93 bits per heavy atom. The van der Waals surface area contributed by atoms with E-state index in [1.165, 1.54) is 6.20 Å². The molecule has 1 atom stereocenters. The van der Waals surface area contributed by atoms with Gasteiger partial charge in [0.25, 0.3) is 5.91 Å². The standard InChI is InChI=1S/C20H16ClFN6O/c1-12-19-24-10-17(15-3-2-6-23-18(15)22)27(19)8-7-26(12)20(29)16-9-14-5-4-13(21)11-28(14)25-16/h2-6,9-12H,7-8H2,1H3. The summed E-state index contributed by atoms with van der Waals surface area (Å²) >= 11 is 6.00. The third kappa shape index (κ3) is 2.87. The summed E-state index contributed by atoms with van der Waals surface area (Å²) in [5.74, 6) is -0.0138. The number of rotatable bonds is 2. The topological polar surface area (TPSA) is 68.3 Å². The number of pyridine rings is 2. The maximum absolute atomic E-state index is 14.1. The van der Waals surface area contributed by atoms with Gasteiger partial charge in [0.15, 0.2) is 5.69 Å². The van der Waals surface area contributed by atoms with Crippen molar-refractivity contribution in [3.63, 3.8) is 0 Å². The van der Waals surface area contributed by atoms with Gasteiger partial charge in [-0.25, -0.2) is 14.5 Å². The van der Waals surface area contributed by atoms with Crippen molar-refractivity contribution < 1.29 is 9.18 Å². The molecule has 1 aliphatic heterocycles. The largest absolute Gasteiger partial charge is 0.326 e. The molecule has 1 amide bonds. The molecule has 29 heavy (non-hydrogen) atoms. The zero-order chi connectivity index (χ0) is 20.1. The summed E-state index contributed by atoms with van der Waals surface area (Å²) in [5, 5.41) is 4.90. The number of halogens is 2. The van der Waals surface area contributed by atoms with Crippen molar-refractivity contribution in [1.82, 2.24) is 29.0 Å². The van der Waals surface area contributed by atoms with E-state index >= 15 is 0 Å². The second-order valence-corrected chi connectivity index (χ2v) is 7.35. The first-order valence-electron chi connectivity index (χ1n) is 9.15. The first-order chi connectivity index (χ1) is 14.0. The van der Waals surface area contributed by atoms with Crippen LogP contribution in [0.5, 0.6) is 0 Å². The van der Waals surface area contributed by atoms with Crippen LogP contribution in [0.1, 0.15) is 29.3 Å². The summed E-state index contributed by atoms with van der Waals surface area (Å²) in [7, 11) is 0. The molecule has 4 aromatic rings. The highest BCUT2D eigenvalue weighted by molar-refractivity contribution is 6.30. The third-order valence-corrected chi connectivity index (χ3v) is 5.45. The lowest BCUT2D eigenvalue weighted by Crippen LogP contribution is -2.41. The minimum atomic E-state index is -0.537. The van der Waals surface area contributed by atoms with Crippen LogP contribution >= 0.6 is 11.6 Å². The zero-order valence-corrected chi connectivity index (χ0v) is 16.2. The van der Waals surface area contributed by atoms with Gasteiger partial charge in [0.2, 0.25) is 5.95 Å². The lowest BCUT2D eigenvalue weighted by atomic mass is 10.1. The molecule has 0 saturated carbocycles. The van der Waals surface area contributed by atoms with Crippen molar-refractivity contribution in [3.05, 3.63) is 71.4 Å². The molecule has 0 aliphatic carbocycles. The number of aromatic nitrogens is 5. The van der Waals surface area contributed by atoms with Gasteiger partial charge in [0.1, 0.15) is 5.82 Å². The van der Waals surface area contributed by atoms with Gasteiger partial charge in [0.05, 0.1) is 34.0 Å². The fourth-order valence-electron chi connectivity index (χ4n) is 3.78. The van der Waals surface area contributed by atoms with Crippen LogP contribution in [0.2, 0.25) is 5.02 Å². The van der Waals surface area contributed by atoms with Crippen molar-refractivity contribution in [2.24, 2.45) is 0 Å². The quantitative estimate of drug-likeness (QED) is 0.473. The molecule has 1 aliphatic rings. The van der Waals surface area contributed by atoms with Crippen molar-refractivity contribution in [2.75, 3.05) is 6.54 Å². The van der Waals surface area contributed by atoms with E-state index in [4.69, 9.17) is 11.6 Å². The van der Waals surface area contributed by atoms with Crippen LogP contribution < -0.4 is 0 Å². The molecule has 9 heteroatoms. The van der Waals surface area contributed by atoms with Crippen LogP contribution in [0.25, 0.3) is 16.8 Å². The molecule has 146 valence electrons. The molecule has 0 radical (unpaired) electrons. The zero-order valence-electron chi connectivity index (χ0n) is 15.5. The van der Waals surface area contributed by atoms with Crippen molar-refractivity contribution in [3.8, 4) is 11.3 Å². The molecule has 0 bridgehead atoms. The lowest BCUT2D eigenvalue weighted by molar-refractivity contribution is 0.0632. The molecular formula is C20H16ClFN6O. The van der Waals surface area contributed by atoms with Crippen molar-refractivity contribution in [1.29, 1.82) is 0 Å². The predicted octanol–water partition coefficient (Wildman–Crippen LogP) is 3.60. The first kappa shape index (κ1) is 17.8. The van der Waals surface area contributed by atoms with Gasteiger partial charge in [-0.2, -0.15) is 9.49 Å². The number of fused-ring (bicyclic) bond motifs is 2. The fourth-order valence-corrected chi connectivity index (χ4v) is 3.94. The molecule has 5 rings (SSSR count). The van der Waals surface area contributed by atoms with Crippen molar-refractivity contribution in [2.45, 2.75) is 19.5 Å². The van der Waals surface area contributed by atoms with Gasteiger partial charge in [-0.3, -0.25) is 4.79 Å². The molecule has 0 saturated heterocycles. The average Bonchev–Trinajstić information content (AvgIpc) is 3.32. The van der Waals surface area contributed by atoms with Crippen LogP contribution in [-0.4, -0.2) is 41.5 Å². The van der Waals surface area contributed by atoms with E-state index in [1.807, 2.05) is 17.6 Å². The Hall–Kier alpha value is -3.26. The van der Waals surface area contributed by atoms with E-state index in [0.717, 1.165) is 5.52 Å². The predicted molar refractivity (Wildman–Crippen MR) is 105 cm³/mol. The van der Waals surface area contributed by atoms with Crippen LogP contribution in [0.15, 0.2) is 48.9 Å². The molecule has 4 aromatic heterocycles. The number of amides is 1. The van der Waals surface area contributed by atoms with Crippen molar-refractivity contribution >= 4 is 23.0 Å². The number of hydrogen-bond acceptors (Lipinski definition) is 4. The monoisotopic (exact) mass is 410 g/mol. The van der Waals surface area contributed by atoms with E-state index in [2.05, 4.69) is 15.1 Å². The Balaban J connectivity index is 1.47. The maximum Gasteiger partial charge on any atom is 0.275 e. The second kappa shape index (κ2) is 6.66. The number of hydrogen-bond donors (Lipinski definition) is 0. The van der Waals surface area contributed by atoms with Crippen LogP contribution in [0.4, 0.5) is 4.39 Å². The van der Waals surface area contributed by atoms with Gasteiger partial charge in [0, 0.05) is 25.5 Å². The smallest absolute Gasteiger partial charge is 0.275 e. The fraction of sp³-hybridized carbons (Fsp3) is 0.200. The molecule has 0 aromatic carbocycles. The van der Waals surface area contributed by atoms with Gasteiger partial charge in [-0.1, -0.05) is 11.6 Å². The first-order valence-corrected chi connectivity index (χ1v) is 9.53. The Kier molecular flexibility index (Phi) is 4.09. The Bertz CT molecular complexity index is 1250. The summed E-state index contributed by atoms with van der Waals surface area (Å²) in [4.78, 5) is 23.0. The highest BCUT2D eigenvalue weighted by atomic mass is 35.5. The van der Waals surface area contributed by atoms with E-state index in [-0.39, 0.29) is 11.9 Å². The molecule has 5 heterocycles. The van der Waals surface area contributed by atoms with Gasteiger partial charge in [-0.05, 0) is 37.3 Å². The average molecular weight is 411 g/mol. The van der Waals surface area contributed by atoms with Crippen LogP contribution in [0.3, 0.4) is 0 Å². The number of carbonyl (C=O) groups is 1. The van der Waals surface area contributed by atoms with Gasteiger partial charge < -0.3 is 9.47 Å². The van der Waals surface area contributed by atoms with E-state index in [9.17, 15) is 9.18 Å². The summed E-state index contributed by atoms with van der Waals surface area (Å²) in [5.41, 5.74) is 2.19. The molecule has 0 N–H and O–H groups in total. The Morgan fingerprint density at radius 2 is 2.10 bits per heavy atom. The summed E-state index contributed by atoms with van der Waals surface area (Å²) in [6.07, 6.45) is 4.71. The maximum atomic E-state index is 14.1. The summed E-state index contributed by atoms with van der Waals surface area (Å²) < 4.78 is 17.7. The number of carbonyl (C=O) groups excluding carboxylic acids is 1. The van der Waals surface area contributed by atoms with E-state index in [0.29, 0.717) is 40.9 Å². The van der Waals surface area contributed by atoms with Crippen LogP contribution in [-0.2, 0) is 6.54 Å². The molecule has 0 fully saturated rings. The highest BCUT2D eigenvalue weighted by Crippen LogP contribution is 2.31. The molecule has 7 nitrogen and oxygen atoms in total. The van der Waals surface area contributed by atoms with Crippen LogP contribution in [0, 0.1) is 5.95 Å². The second-order valence-electron chi connectivity index (χ2n) is 6.92. The highest BCUT2D eigenvalue weighted by Gasteiger charge is 2.32.